The van der Waals surface area contributed by atoms with Gasteiger partial charge in [0.2, 0.25) is 10.0 Å². The maximum atomic E-state index is 12.6. The van der Waals surface area contributed by atoms with Crippen LogP contribution in [0.1, 0.15) is 6.92 Å². The average molecular weight is 354 g/mol. The monoisotopic (exact) mass is 354 g/mol. The number of rotatable bonds is 7. The average Bonchev–Trinajstić information content (AvgIpc) is 2.60. The topological polar surface area (TPSA) is 84.9 Å². The molecule has 1 saturated heterocycles. The number of carbonyl (C=O) groups is 1. The molecule has 1 fully saturated rings. The van der Waals surface area contributed by atoms with E-state index in [4.69, 9.17) is 9.47 Å². The molecule has 1 unspecified atom stereocenters. The van der Waals surface area contributed by atoms with Gasteiger partial charge in [-0.2, -0.15) is 4.31 Å². The molecular weight excluding hydrogens is 332 g/mol. The highest BCUT2D eigenvalue weighted by Crippen LogP contribution is 2.20. The highest BCUT2D eigenvalue weighted by Gasteiger charge is 2.26. The Labute approximate surface area is 142 Å². The Morgan fingerprint density at radius 2 is 2.17 bits per heavy atom. The molecule has 0 radical (unpaired) electrons. The maximum absolute atomic E-state index is 12.6. The minimum atomic E-state index is -3.60. The summed E-state index contributed by atoms with van der Waals surface area (Å²) in [7, 11) is -3.60. The van der Waals surface area contributed by atoms with Crippen molar-refractivity contribution in [3.63, 3.8) is 0 Å². The van der Waals surface area contributed by atoms with Crippen LogP contribution in [0, 0.1) is 0 Å². The van der Waals surface area contributed by atoms with E-state index >= 15 is 0 Å². The fourth-order valence-electron chi connectivity index (χ4n) is 2.20. The first-order chi connectivity index (χ1) is 11.4. The van der Waals surface area contributed by atoms with E-state index in [1.165, 1.54) is 16.4 Å². The lowest BCUT2D eigenvalue weighted by Crippen LogP contribution is -2.40. The second-order valence-corrected chi connectivity index (χ2v) is 7.24. The first-order valence-electron chi connectivity index (χ1n) is 7.66. The molecule has 0 bridgehead atoms. The smallest absolute Gasteiger partial charge is 0.253 e. The largest absolute Gasteiger partial charge is 0.379 e. The highest BCUT2D eigenvalue weighted by atomic mass is 32.2. The van der Waals surface area contributed by atoms with Crippen molar-refractivity contribution < 1.29 is 22.7 Å². The summed E-state index contributed by atoms with van der Waals surface area (Å²) in [5, 5.41) is 2.66. The van der Waals surface area contributed by atoms with Gasteiger partial charge in [0.1, 0.15) is 6.10 Å². The lowest BCUT2D eigenvalue weighted by Gasteiger charge is -2.26. The molecule has 1 atom stereocenters. The first-order valence-corrected chi connectivity index (χ1v) is 9.10. The van der Waals surface area contributed by atoms with Gasteiger partial charge in [-0.1, -0.05) is 12.1 Å². The standard InChI is InChI=1S/C16H22N2O5S/c1-3-9-23-13(2)16(19)17-14-5-4-6-15(12-14)24(20,21)18-7-10-22-11-8-18/h3-6,12-13H,1,7-11H2,2H3,(H,17,19). The highest BCUT2D eigenvalue weighted by molar-refractivity contribution is 7.89. The van der Waals surface area contributed by atoms with Crippen LogP contribution in [0.3, 0.4) is 0 Å². The first kappa shape index (κ1) is 18.6. The molecule has 1 aromatic rings. The van der Waals surface area contributed by atoms with Crippen LogP contribution < -0.4 is 5.32 Å². The third kappa shape index (κ3) is 4.64. The molecular formula is C16H22N2O5S. The van der Waals surface area contributed by atoms with Crippen LogP contribution in [0.4, 0.5) is 5.69 Å². The number of benzene rings is 1. The molecule has 1 aliphatic rings. The summed E-state index contributed by atoms with van der Waals surface area (Å²) in [6, 6.07) is 6.19. The van der Waals surface area contributed by atoms with E-state index in [1.54, 1.807) is 25.1 Å². The van der Waals surface area contributed by atoms with Gasteiger partial charge in [0.05, 0.1) is 24.7 Å². The van der Waals surface area contributed by atoms with Crippen molar-refractivity contribution in [3.05, 3.63) is 36.9 Å². The van der Waals surface area contributed by atoms with E-state index in [9.17, 15) is 13.2 Å². The maximum Gasteiger partial charge on any atom is 0.253 e. The molecule has 0 spiro atoms. The molecule has 0 saturated carbocycles. The second-order valence-electron chi connectivity index (χ2n) is 5.30. The zero-order valence-electron chi connectivity index (χ0n) is 13.6. The Bertz CT molecular complexity index is 683. The van der Waals surface area contributed by atoms with Gasteiger partial charge in [0.15, 0.2) is 0 Å². The molecule has 2 rings (SSSR count). The van der Waals surface area contributed by atoms with Crippen LogP contribution in [-0.4, -0.2) is 57.6 Å². The quantitative estimate of drug-likeness (QED) is 0.745. The molecule has 1 heterocycles. The van der Waals surface area contributed by atoms with Gasteiger partial charge in [0, 0.05) is 18.8 Å². The third-order valence-electron chi connectivity index (χ3n) is 3.54. The Kier molecular flexibility index (Phi) is 6.50. The molecule has 24 heavy (non-hydrogen) atoms. The number of carbonyl (C=O) groups excluding carboxylic acids is 1. The Morgan fingerprint density at radius 1 is 1.46 bits per heavy atom. The van der Waals surface area contributed by atoms with Crippen LogP contribution in [0.2, 0.25) is 0 Å². The molecule has 1 aromatic carbocycles. The van der Waals surface area contributed by atoms with Crippen molar-refractivity contribution in [2.75, 3.05) is 38.2 Å². The summed E-state index contributed by atoms with van der Waals surface area (Å²) in [6.45, 7) is 6.82. The number of amides is 1. The summed E-state index contributed by atoms with van der Waals surface area (Å²) in [5.41, 5.74) is 0.406. The van der Waals surface area contributed by atoms with Gasteiger partial charge in [-0.25, -0.2) is 8.42 Å². The van der Waals surface area contributed by atoms with E-state index in [-0.39, 0.29) is 17.4 Å². The molecule has 0 aliphatic carbocycles. The summed E-state index contributed by atoms with van der Waals surface area (Å²) < 4.78 is 37.1. The van der Waals surface area contributed by atoms with Crippen LogP contribution in [0.15, 0.2) is 41.8 Å². The van der Waals surface area contributed by atoms with E-state index in [0.29, 0.717) is 32.0 Å². The number of anilines is 1. The molecule has 1 aliphatic heterocycles. The van der Waals surface area contributed by atoms with E-state index in [2.05, 4.69) is 11.9 Å². The fourth-order valence-corrected chi connectivity index (χ4v) is 3.66. The van der Waals surface area contributed by atoms with Gasteiger partial charge in [-0.05, 0) is 25.1 Å². The Morgan fingerprint density at radius 3 is 2.83 bits per heavy atom. The lowest BCUT2D eigenvalue weighted by molar-refractivity contribution is -0.125. The third-order valence-corrected chi connectivity index (χ3v) is 5.44. The summed E-state index contributed by atoms with van der Waals surface area (Å²) in [5.74, 6) is -0.349. The second kappa shape index (κ2) is 8.39. The number of hydrogen-bond acceptors (Lipinski definition) is 5. The van der Waals surface area contributed by atoms with Crippen molar-refractivity contribution in [3.8, 4) is 0 Å². The molecule has 0 aromatic heterocycles. The number of sulfonamides is 1. The summed E-state index contributed by atoms with van der Waals surface area (Å²) in [4.78, 5) is 12.2. The zero-order valence-corrected chi connectivity index (χ0v) is 14.4. The lowest BCUT2D eigenvalue weighted by atomic mass is 10.3. The SMILES string of the molecule is C=CCOC(C)C(=O)Nc1cccc(S(=O)(=O)N2CCOCC2)c1. The van der Waals surface area contributed by atoms with Crippen LogP contribution in [0.25, 0.3) is 0 Å². The molecule has 132 valence electrons. The van der Waals surface area contributed by atoms with Crippen molar-refractivity contribution in [2.24, 2.45) is 0 Å². The van der Waals surface area contributed by atoms with Crippen LogP contribution in [0.5, 0.6) is 0 Å². The predicted octanol–water partition coefficient (Wildman–Crippen LogP) is 1.24. The van der Waals surface area contributed by atoms with E-state index < -0.39 is 16.1 Å². The molecule has 1 N–H and O–H groups in total. The van der Waals surface area contributed by atoms with Gasteiger partial charge >= 0.3 is 0 Å². The molecule has 8 heteroatoms. The van der Waals surface area contributed by atoms with Crippen molar-refractivity contribution >= 4 is 21.6 Å². The molecule has 7 nitrogen and oxygen atoms in total. The number of nitrogens with one attached hydrogen (secondary N) is 1. The predicted molar refractivity (Wildman–Crippen MR) is 90.3 cm³/mol. The van der Waals surface area contributed by atoms with Gasteiger partial charge in [-0.15, -0.1) is 6.58 Å². The minimum Gasteiger partial charge on any atom is -0.379 e. The van der Waals surface area contributed by atoms with Crippen LogP contribution >= 0.6 is 0 Å². The van der Waals surface area contributed by atoms with Crippen molar-refractivity contribution in [2.45, 2.75) is 17.9 Å². The van der Waals surface area contributed by atoms with E-state index in [0.717, 1.165) is 0 Å². The van der Waals surface area contributed by atoms with Crippen LogP contribution in [-0.2, 0) is 24.3 Å². The number of morpholine rings is 1. The Hall–Kier alpha value is -1.74. The zero-order chi connectivity index (χ0) is 17.6. The summed E-state index contributed by atoms with van der Waals surface area (Å²) >= 11 is 0. The Balaban J connectivity index is 2.10. The van der Waals surface area contributed by atoms with Gasteiger partial charge < -0.3 is 14.8 Å². The fraction of sp³-hybridized carbons (Fsp3) is 0.438. The number of nitrogens with zero attached hydrogens (tertiary/aromatic N) is 1. The van der Waals surface area contributed by atoms with E-state index in [1.807, 2.05) is 0 Å². The normalized spacial score (nSPS) is 17.2. The summed E-state index contributed by atoms with van der Waals surface area (Å²) in [6.07, 6.45) is 0.891. The van der Waals surface area contributed by atoms with Crippen molar-refractivity contribution in [1.29, 1.82) is 0 Å². The minimum absolute atomic E-state index is 0.141. The molecule has 1 amide bonds. The van der Waals surface area contributed by atoms with Crippen molar-refractivity contribution in [1.82, 2.24) is 4.31 Å². The number of hydrogen-bond donors (Lipinski definition) is 1. The van der Waals surface area contributed by atoms with Gasteiger partial charge in [-0.3, -0.25) is 4.79 Å². The van der Waals surface area contributed by atoms with Gasteiger partial charge in [0.25, 0.3) is 5.91 Å². The number of ether oxygens (including phenoxy) is 2.